The Hall–Kier alpha value is -2.92. The third-order valence-corrected chi connectivity index (χ3v) is 3.32. The van der Waals surface area contributed by atoms with Gasteiger partial charge in [-0.1, -0.05) is 54.1 Å². The van der Waals surface area contributed by atoms with Crippen LogP contribution in [0, 0.1) is 0 Å². The van der Waals surface area contributed by atoms with Crippen LogP contribution in [0.1, 0.15) is 5.56 Å². The number of aromatic nitrogens is 3. The molecule has 23 heavy (non-hydrogen) atoms. The zero-order valence-electron chi connectivity index (χ0n) is 12.0. The first-order valence-corrected chi connectivity index (χ1v) is 7.31. The molecule has 0 unspecified atom stereocenters. The van der Waals surface area contributed by atoms with Gasteiger partial charge in [-0.05, 0) is 23.8 Å². The van der Waals surface area contributed by atoms with Crippen molar-refractivity contribution in [1.82, 2.24) is 15.2 Å². The maximum Gasteiger partial charge on any atom is 0.250 e. The van der Waals surface area contributed by atoms with E-state index < -0.39 is 0 Å². The summed E-state index contributed by atoms with van der Waals surface area (Å²) in [4.78, 5) is 16.1. The first-order valence-electron chi connectivity index (χ1n) is 6.93. The van der Waals surface area contributed by atoms with Crippen LogP contribution in [0.15, 0.2) is 60.7 Å². The maximum atomic E-state index is 11.9. The van der Waals surface area contributed by atoms with Gasteiger partial charge in [0.15, 0.2) is 5.82 Å². The number of aromatic amines is 1. The van der Waals surface area contributed by atoms with Gasteiger partial charge in [0.25, 0.3) is 5.91 Å². The molecule has 0 radical (unpaired) electrons. The van der Waals surface area contributed by atoms with Crippen LogP contribution in [0.2, 0.25) is 5.02 Å². The van der Waals surface area contributed by atoms with Crippen LogP contribution in [-0.4, -0.2) is 21.1 Å². The summed E-state index contributed by atoms with van der Waals surface area (Å²) in [5.41, 5.74) is 1.78. The van der Waals surface area contributed by atoms with Crippen molar-refractivity contribution >= 4 is 29.5 Å². The fourth-order valence-electron chi connectivity index (χ4n) is 1.94. The third-order valence-electron chi connectivity index (χ3n) is 3.06. The predicted octanol–water partition coefficient (Wildman–Crippen LogP) is 3.78. The summed E-state index contributed by atoms with van der Waals surface area (Å²) >= 11 is 5.81. The molecule has 2 aromatic carbocycles. The van der Waals surface area contributed by atoms with E-state index >= 15 is 0 Å². The van der Waals surface area contributed by atoms with Crippen molar-refractivity contribution in [3.8, 4) is 11.4 Å². The standard InChI is InChI=1S/C17H13ClN4O/c18-14-9-6-12(7-10-14)8-11-15(23)19-17-20-16(21-22-17)13-4-2-1-3-5-13/h1-11H,(H2,19,20,21,22,23)/b11-8+. The minimum Gasteiger partial charge on any atom is -0.290 e. The molecule has 3 aromatic rings. The van der Waals surface area contributed by atoms with Gasteiger partial charge in [0.05, 0.1) is 0 Å². The number of carbonyl (C=O) groups is 1. The van der Waals surface area contributed by atoms with Gasteiger partial charge in [-0.25, -0.2) is 0 Å². The van der Waals surface area contributed by atoms with Gasteiger partial charge in [-0.2, -0.15) is 4.98 Å². The van der Waals surface area contributed by atoms with Crippen molar-refractivity contribution < 1.29 is 4.79 Å². The lowest BCUT2D eigenvalue weighted by Crippen LogP contribution is -2.09. The van der Waals surface area contributed by atoms with Crippen molar-refractivity contribution in [2.45, 2.75) is 0 Å². The molecule has 0 saturated carbocycles. The number of hydrogen-bond donors (Lipinski definition) is 2. The van der Waals surface area contributed by atoms with Crippen LogP contribution in [0.3, 0.4) is 0 Å². The number of nitrogens with zero attached hydrogens (tertiary/aromatic N) is 2. The van der Waals surface area contributed by atoms with E-state index in [-0.39, 0.29) is 11.9 Å². The van der Waals surface area contributed by atoms with Crippen LogP contribution in [0.5, 0.6) is 0 Å². The summed E-state index contributed by atoms with van der Waals surface area (Å²) in [6, 6.07) is 16.7. The second-order valence-corrected chi connectivity index (χ2v) is 5.18. The van der Waals surface area contributed by atoms with E-state index in [1.54, 1.807) is 18.2 Å². The summed E-state index contributed by atoms with van der Waals surface area (Å²) in [5.74, 6) is 0.524. The van der Waals surface area contributed by atoms with Crippen LogP contribution in [-0.2, 0) is 4.79 Å². The molecule has 6 heteroatoms. The topological polar surface area (TPSA) is 70.7 Å². The highest BCUT2D eigenvalue weighted by atomic mass is 35.5. The Balaban J connectivity index is 1.64. The van der Waals surface area contributed by atoms with Crippen LogP contribution in [0.4, 0.5) is 5.95 Å². The van der Waals surface area contributed by atoms with E-state index in [2.05, 4.69) is 20.5 Å². The van der Waals surface area contributed by atoms with Crippen molar-refractivity contribution in [1.29, 1.82) is 0 Å². The average molecular weight is 325 g/mol. The zero-order chi connectivity index (χ0) is 16.1. The normalized spacial score (nSPS) is 10.8. The number of benzene rings is 2. The molecule has 0 aliphatic carbocycles. The van der Waals surface area contributed by atoms with Crippen molar-refractivity contribution in [3.63, 3.8) is 0 Å². The van der Waals surface area contributed by atoms with Gasteiger partial charge in [0, 0.05) is 16.7 Å². The van der Waals surface area contributed by atoms with E-state index in [0.717, 1.165) is 11.1 Å². The summed E-state index contributed by atoms with van der Waals surface area (Å²) in [6.45, 7) is 0. The Labute approximate surface area is 138 Å². The molecule has 0 saturated heterocycles. The Bertz CT molecular complexity index is 825. The van der Waals surface area contributed by atoms with Gasteiger partial charge >= 0.3 is 0 Å². The molecule has 1 amide bonds. The molecular formula is C17H13ClN4O. The van der Waals surface area contributed by atoms with E-state index in [9.17, 15) is 4.79 Å². The third kappa shape index (κ3) is 4.05. The van der Waals surface area contributed by atoms with Gasteiger partial charge in [-0.15, -0.1) is 5.10 Å². The van der Waals surface area contributed by atoms with Gasteiger partial charge in [0.1, 0.15) is 0 Å². The highest BCUT2D eigenvalue weighted by Crippen LogP contribution is 2.15. The molecule has 1 aromatic heterocycles. The smallest absolute Gasteiger partial charge is 0.250 e. The molecule has 0 aliphatic heterocycles. The number of halogens is 1. The van der Waals surface area contributed by atoms with Crippen LogP contribution in [0.25, 0.3) is 17.5 Å². The lowest BCUT2D eigenvalue weighted by atomic mass is 10.2. The molecule has 5 nitrogen and oxygen atoms in total. The number of rotatable bonds is 4. The lowest BCUT2D eigenvalue weighted by molar-refractivity contribution is -0.111. The lowest BCUT2D eigenvalue weighted by Gasteiger charge is -1.96. The van der Waals surface area contributed by atoms with Gasteiger partial charge < -0.3 is 0 Å². The Morgan fingerprint density at radius 2 is 1.83 bits per heavy atom. The number of anilines is 1. The highest BCUT2D eigenvalue weighted by molar-refractivity contribution is 6.30. The minimum atomic E-state index is -0.307. The molecule has 0 spiro atoms. The van der Waals surface area contributed by atoms with E-state index in [1.807, 2.05) is 42.5 Å². The van der Waals surface area contributed by atoms with Crippen molar-refractivity contribution in [2.75, 3.05) is 5.32 Å². The van der Waals surface area contributed by atoms with Gasteiger partial charge in [0.2, 0.25) is 5.95 Å². The molecule has 114 valence electrons. The summed E-state index contributed by atoms with van der Waals surface area (Å²) in [6.07, 6.45) is 3.11. The summed E-state index contributed by atoms with van der Waals surface area (Å²) < 4.78 is 0. The maximum absolute atomic E-state index is 11.9. The van der Waals surface area contributed by atoms with E-state index in [0.29, 0.717) is 10.8 Å². The number of amides is 1. The van der Waals surface area contributed by atoms with Crippen LogP contribution >= 0.6 is 11.6 Å². The first kappa shape index (κ1) is 15.0. The van der Waals surface area contributed by atoms with E-state index in [1.165, 1.54) is 6.08 Å². The molecule has 0 atom stereocenters. The van der Waals surface area contributed by atoms with Crippen molar-refractivity contribution in [2.24, 2.45) is 0 Å². The Morgan fingerprint density at radius 1 is 1.09 bits per heavy atom. The highest BCUT2D eigenvalue weighted by Gasteiger charge is 2.06. The molecule has 2 N–H and O–H groups in total. The summed E-state index contributed by atoms with van der Waals surface area (Å²) in [7, 11) is 0. The quantitative estimate of drug-likeness (QED) is 0.717. The average Bonchev–Trinajstić information content (AvgIpc) is 3.04. The van der Waals surface area contributed by atoms with Crippen molar-refractivity contribution in [3.05, 3.63) is 71.3 Å². The number of hydrogen-bond acceptors (Lipinski definition) is 3. The first-order chi connectivity index (χ1) is 11.2. The molecule has 0 bridgehead atoms. The SMILES string of the molecule is O=C(/C=C/c1ccc(Cl)cc1)Nc1n[nH]c(-c2ccccc2)n1. The second kappa shape index (κ2) is 6.89. The summed E-state index contributed by atoms with van der Waals surface area (Å²) in [5, 5.41) is 10.0. The molecule has 0 fully saturated rings. The fourth-order valence-corrected chi connectivity index (χ4v) is 2.07. The van der Waals surface area contributed by atoms with Crippen LogP contribution < -0.4 is 5.32 Å². The molecular weight excluding hydrogens is 312 g/mol. The molecule has 1 heterocycles. The Kier molecular flexibility index (Phi) is 4.49. The molecule has 0 aliphatic rings. The molecule has 3 rings (SSSR count). The second-order valence-electron chi connectivity index (χ2n) is 4.75. The monoisotopic (exact) mass is 324 g/mol. The number of H-pyrrole nitrogens is 1. The largest absolute Gasteiger partial charge is 0.290 e. The zero-order valence-corrected chi connectivity index (χ0v) is 12.8. The number of nitrogens with one attached hydrogen (secondary N) is 2. The fraction of sp³-hybridized carbons (Fsp3) is 0. The predicted molar refractivity (Wildman–Crippen MR) is 90.9 cm³/mol. The number of carbonyl (C=O) groups excluding carboxylic acids is 1. The van der Waals surface area contributed by atoms with E-state index in [4.69, 9.17) is 11.6 Å². The van der Waals surface area contributed by atoms with Gasteiger partial charge in [-0.3, -0.25) is 15.2 Å². The Morgan fingerprint density at radius 3 is 2.57 bits per heavy atom. The minimum absolute atomic E-state index is 0.231.